The molecule has 0 aliphatic heterocycles. The molecule has 1 aromatic rings. The van der Waals surface area contributed by atoms with Crippen molar-refractivity contribution in [2.45, 2.75) is 6.92 Å². The Balaban J connectivity index is 0. The number of hydrogen-bond donors (Lipinski definition) is 1. The predicted octanol–water partition coefficient (Wildman–Crippen LogP) is 0.568. The van der Waals surface area contributed by atoms with Gasteiger partial charge in [-0.3, -0.25) is 14.2 Å². The van der Waals surface area contributed by atoms with E-state index in [0.717, 1.165) is 0 Å². The van der Waals surface area contributed by atoms with Gasteiger partial charge >= 0.3 is 0 Å². The predicted molar refractivity (Wildman–Crippen MR) is 45.8 cm³/mol. The van der Waals surface area contributed by atoms with Crippen molar-refractivity contribution in [1.82, 2.24) is 15.1 Å². The van der Waals surface area contributed by atoms with Crippen LogP contribution >= 0.6 is 0 Å². The first-order chi connectivity index (χ1) is 5.24. The molecule has 1 amide bonds. The van der Waals surface area contributed by atoms with Gasteiger partial charge in [0.25, 0.3) is 5.91 Å². The Morgan fingerprint density at radius 2 is 2.50 bits per heavy atom. The lowest BCUT2D eigenvalue weighted by Gasteiger charge is -1.95. The van der Waals surface area contributed by atoms with Crippen LogP contribution in [0.5, 0.6) is 0 Å². The molecule has 4 nitrogen and oxygen atoms in total. The molecule has 5 heteroatoms. The summed E-state index contributed by atoms with van der Waals surface area (Å²) in [6.45, 7) is 2.53. The minimum absolute atomic E-state index is 0. The number of nitrogens with one attached hydrogen (secondary N) is 1. The van der Waals surface area contributed by atoms with Gasteiger partial charge in [-0.05, 0) is 6.92 Å². The Bertz CT molecular complexity index is 264. The van der Waals surface area contributed by atoms with Crippen LogP contribution in [0.25, 0.3) is 0 Å². The van der Waals surface area contributed by atoms with E-state index in [9.17, 15) is 4.79 Å². The third-order valence-electron chi connectivity index (χ3n) is 1.30. The zero-order valence-electron chi connectivity index (χ0n) is 7.07. The molecule has 0 aliphatic carbocycles. The molecule has 1 rings (SSSR count). The summed E-state index contributed by atoms with van der Waals surface area (Å²) in [5.74, 6) is -0.0689. The van der Waals surface area contributed by atoms with Crippen LogP contribution < -0.4 is 5.32 Å². The number of aryl methyl sites for hydroxylation is 1. The number of carbonyl (C=O) groups is 1. The second kappa shape index (κ2) is 4.48. The van der Waals surface area contributed by atoms with E-state index >= 15 is 0 Å². The lowest BCUT2D eigenvalue weighted by Crippen LogP contribution is -2.22. The highest BCUT2D eigenvalue weighted by Crippen LogP contribution is 1.94. The summed E-state index contributed by atoms with van der Waals surface area (Å²) in [5.41, 5.74) is 0.606. The molecule has 0 spiro atoms. The average Bonchev–Trinajstić information content (AvgIpc) is 2.36. The van der Waals surface area contributed by atoms with E-state index in [1.54, 1.807) is 24.1 Å². The fourth-order valence-corrected chi connectivity index (χ4v) is 0.801. The minimum Gasteiger partial charge on any atom is -0.352 e. The summed E-state index contributed by atoms with van der Waals surface area (Å²) in [5, 5.41) is 6.56. The lowest BCUT2D eigenvalue weighted by molar-refractivity contribution is 0.0956. The molecule has 0 aromatic carbocycles. The molecule has 0 unspecified atom stereocenters. The number of carbonyl (C=O) groups excluding carboxylic acids is 1. The van der Waals surface area contributed by atoms with E-state index in [0.29, 0.717) is 12.1 Å². The van der Waals surface area contributed by atoms with E-state index in [1.165, 1.54) is 0 Å². The first kappa shape index (κ1) is 10.6. The Kier molecular flexibility index (Phi) is 3.96. The summed E-state index contributed by atoms with van der Waals surface area (Å²) in [4.78, 5) is 11.1. The van der Waals surface area contributed by atoms with Crippen LogP contribution in [-0.4, -0.2) is 22.2 Å². The third-order valence-corrected chi connectivity index (χ3v) is 1.30. The Labute approximate surface area is 71.4 Å². The number of amides is 1. The molecule has 0 fully saturated rings. The van der Waals surface area contributed by atoms with E-state index in [-0.39, 0.29) is 12.0 Å². The molecule has 1 aromatic heterocycles. The molecule has 0 saturated heterocycles. The van der Waals surface area contributed by atoms with Gasteiger partial charge in [-0.2, -0.15) is 5.10 Å². The molecular weight excluding hydrogens is 161 g/mol. The van der Waals surface area contributed by atoms with Crippen molar-refractivity contribution in [2.75, 3.05) is 6.54 Å². The van der Waals surface area contributed by atoms with Crippen molar-refractivity contribution in [2.24, 2.45) is 7.05 Å². The van der Waals surface area contributed by atoms with Gasteiger partial charge in [-0.1, -0.05) is 0 Å². The first-order valence-electron chi connectivity index (χ1n) is 3.51. The van der Waals surface area contributed by atoms with Crippen molar-refractivity contribution in [3.05, 3.63) is 18.0 Å². The van der Waals surface area contributed by atoms with Crippen LogP contribution in [0.4, 0.5) is 4.70 Å². The molecule has 70 valence electrons. The second-order valence-electron chi connectivity index (χ2n) is 2.26. The van der Waals surface area contributed by atoms with E-state index in [4.69, 9.17) is 0 Å². The van der Waals surface area contributed by atoms with Gasteiger partial charge < -0.3 is 5.32 Å². The van der Waals surface area contributed by atoms with Crippen LogP contribution in [0.3, 0.4) is 0 Å². The van der Waals surface area contributed by atoms with Gasteiger partial charge in [-0.25, -0.2) is 0 Å². The molecular formula is C7H14FN3O. The molecule has 1 heterocycles. The van der Waals surface area contributed by atoms with Crippen molar-refractivity contribution in [3.63, 3.8) is 0 Å². The molecule has 12 heavy (non-hydrogen) atoms. The number of rotatable bonds is 2. The van der Waals surface area contributed by atoms with Gasteiger partial charge in [0, 0.05) is 21.2 Å². The smallest absolute Gasteiger partial charge is 0.254 e. The number of hydrogen-bond acceptors (Lipinski definition) is 2. The van der Waals surface area contributed by atoms with Gasteiger partial charge in [0.05, 0.1) is 11.8 Å². The van der Waals surface area contributed by atoms with E-state index < -0.39 is 0 Å². The van der Waals surface area contributed by atoms with Crippen LogP contribution in [0.15, 0.2) is 12.4 Å². The summed E-state index contributed by atoms with van der Waals surface area (Å²) >= 11 is 0. The van der Waals surface area contributed by atoms with E-state index in [2.05, 4.69) is 10.4 Å². The second-order valence-corrected chi connectivity index (χ2v) is 2.26. The zero-order chi connectivity index (χ0) is 8.27. The third kappa shape index (κ3) is 2.34. The summed E-state index contributed by atoms with van der Waals surface area (Å²) in [6.07, 6.45) is 3.23. The molecule has 0 radical (unpaired) electrons. The Hall–Kier alpha value is -1.39. The highest BCUT2D eigenvalue weighted by Gasteiger charge is 2.04. The molecule has 1 N–H and O–H groups in total. The maximum Gasteiger partial charge on any atom is 0.254 e. The summed E-state index contributed by atoms with van der Waals surface area (Å²) in [6, 6.07) is 0. The highest BCUT2D eigenvalue weighted by atomic mass is 19.0. The summed E-state index contributed by atoms with van der Waals surface area (Å²) < 4.78 is 1.60. The monoisotopic (exact) mass is 175 g/mol. The van der Waals surface area contributed by atoms with Crippen LogP contribution in [0.2, 0.25) is 0 Å². The molecule has 0 saturated carbocycles. The summed E-state index contributed by atoms with van der Waals surface area (Å²) in [7, 11) is 1.78. The maximum absolute atomic E-state index is 11.1. The number of aromatic nitrogens is 2. The van der Waals surface area contributed by atoms with Crippen molar-refractivity contribution >= 4 is 5.91 Å². The van der Waals surface area contributed by atoms with Gasteiger partial charge in [-0.15, -0.1) is 0 Å². The normalized spacial score (nSPS) is 8.83. The average molecular weight is 175 g/mol. The standard InChI is InChI=1S/C7H11N3O.FH.H2/c1-3-8-7(11)6-4-9-10(2)5-6;;/h4-5H,3H2,1-2H3,(H,8,11);2*1H. The number of halogens is 1. The lowest BCUT2D eigenvalue weighted by atomic mass is 10.3. The fourth-order valence-electron chi connectivity index (χ4n) is 0.801. The maximum atomic E-state index is 11.1. The quantitative estimate of drug-likeness (QED) is 0.714. The zero-order valence-corrected chi connectivity index (χ0v) is 7.07. The SMILES string of the molecule is CCNC(=O)c1cnn(C)c1.F.[HH]. The van der Waals surface area contributed by atoms with Gasteiger partial charge in [0.15, 0.2) is 0 Å². The molecule has 0 bridgehead atoms. The van der Waals surface area contributed by atoms with E-state index in [1.807, 2.05) is 6.92 Å². The molecule has 0 aliphatic rings. The largest absolute Gasteiger partial charge is 0.352 e. The van der Waals surface area contributed by atoms with Crippen molar-refractivity contribution in [1.29, 1.82) is 0 Å². The van der Waals surface area contributed by atoms with Crippen LogP contribution in [0.1, 0.15) is 18.7 Å². The van der Waals surface area contributed by atoms with Crippen molar-refractivity contribution in [3.8, 4) is 0 Å². The Morgan fingerprint density at radius 3 is 2.92 bits per heavy atom. The fraction of sp³-hybridized carbons (Fsp3) is 0.429. The molecule has 0 atom stereocenters. The Morgan fingerprint density at radius 1 is 1.83 bits per heavy atom. The minimum atomic E-state index is -0.0689. The first-order valence-corrected chi connectivity index (χ1v) is 3.51. The van der Waals surface area contributed by atoms with Gasteiger partial charge in [0.1, 0.15) is 0 Å². The van der Waals surface area contributed by atoms with Crippen molar-refractivity contribution < 1.29 is 10.9 Å². The van der Waals surface area contributed by atoms with Gasteiger partial charge in [0.2, 0.25) is 0 Å². The highest BCUT2D eigenvalue weighted by molar-refractivity contribution is 5.93. The van der Waals surface area contributed by atoms with Crippen LogP contribution in [-0.2, 0) is 7.05 Å². The van der Waals surface area contributed by atoms with Crippen LogP contribution in [0, 0.1) is 0 Å². The topological polar surface area (TPSA) is 46.9 Å². The number of nitrogens with zero attached hydrogens (tertiary/aromatic N) is 2.